The molecular formula is C12H14FN3O3. The van der Waals surface area contributed by atoms with E-state index in [0.29, 0.717) is 6.54 Å². The smallest absolute Gasteiger partial charge is 0.271 e. The molecule has 2 rings (SSSR count). The maximum absolute atomic E-state index is 13.5. The van der Waals surface area contributed by atoms with Crippen molar-refractivity contribution in [2.24, 2.45) is 11.8 Å². The van der Waals surface area contributed by atoms with E-state index in [-0.39, 0.29) is 29.1 Å². The third kappa shape index (κ3) is 2.87. The fourth-order valence-electron chi connectivity index (χ4n) is 2.11. The molecule has 0 aliphatic carbocycles. The standard InChI is InChI=1S/C12H14FN3O3/c1-7-5-14-6-9(7)12(17)15-11-4-8(16(18)19)2-3-10(11)13/h2-4,7,9,14H,5-6H2,1H3,(H,15,17). The highest BCUT2D eigenvalue weighted by molar-refractivity contribution is 5.93. The molecule has 2 N–H and O–H groups in total. The Kier molecular flexibility index (Phi) is 3.75. The van der Waals surface area contributed by atoms with Gasteiger partial charge < -0.3 is 10.6 Å². The van der Waals surface area contributed by atoms with E-state index in [9.17, 15) is 19.3 Å². The number of anilines is 1. The second kappa shape index (κ2) is 5.31. The summed E-state index contributed by atoms with van der Waals surface area (Å²) in [6.45, 7) is 3.19. The zero-order chi connectivity index (χ0) is 14.0. The minimum absolute atomic E-state index is 0.154. The van der Waals surface area contributed by atoms with Crippen molar-refractivity contribution < 1.29 is 14.1 Å². The van der Waals surface area contributed by atoms with Gasteiger partial charge in [-0.25, -0.2) is 4.39 Å². The van der Waals surface area contributed by atoms with Gasteiger partial charge in [-0.05, 0) is 18.5 Å². The van der Waals surface area contributed by atoms with Gasteiger partial charge in [0.1, 0.15) is 5.82 Å². The fraction of sp³-hybridized carbons (Fsp3) is 0.417. The second-order valence-electron chi connectivity index (χ2n) is 4.65. The first-order valence-electron chi connectivity index (χ1n) is 5.94. The summed E-state index contributed by atoms with van der Waals surface area (Å²) in [6.07, 6.45) is 0. The third-order valence-corrected chi connectivity index (χ3v) is 3.27. The summed E-state index contributed by atoms with van der Waals surface area (Å²) < 4.78 is 13.5. The molecule has 2 unspecified atom stereocenters. The summed E-state index contributed by atoms with van der Waals surface area (Å²) in [4.78, 5) is 22.0. The van der Waals surface area contributed by atoms with Gasteiger partial charge in [-0.15, -0.1) is 0 Å². The van der Waals surface area contributed by atoms with Crippen LogP contribution in [0.15, 0.2) is 18.2 Å². The van der Waals surface area contributed by atoms with E-state index in [0.717, 1.165) is 24.7 Å². The maximum atomic E-state index is 13.5. The molecule has 0 bridgehead atoms. The van der Waals surface area contributed by atoms with E-state index >= 15 is 0 Å². The van der Waals surface area contributed by atoms with Crippen molar-refractivity contribution in [3.8, 4) is 0 Å². The normalized spacial score (nSPS) is 22.2. The van der Waals surface area contributed by atoms with Crippen LogP contribution in [-0.2, 0) is 4.79 Å². The lowest BCUT2D eigenvalue weighted by molar-refractivity contribution is -0.384. The molecule has 0 aromatic heterocycles. The van der Waals surface area contributed by atoms with E-state index in [1.165, 1.54) is 0 Å². The summed E-state index contributed by atoms with van der Waals surface area (Å²) >= 11 is 0. The van der Waals surface area contributed by atoms with Crippen molar-refractivity contribution in [1.29, 1.82) is 0 Å². The molecule has 1 aliphatic heterocycles. The summed E-state index contributed by atoms with van der Waals surface area (Å²) in [7, 11) is 0. The number of benzene rings is 1. The van der Waals surface area contributed by atoms with Gasteiger partial charge in [0, 0.05) is 18.7 Å². The average Bonchev–Trinajstić information content (AvgIpc) is 2.78. The molecule has 1 aromatic rings. The topological polar surface area (TPSA) is 84.3 Å². The van der Waals surface area contributed by atoms with Crippen LogP contribution in [0, 0.1) is 27.8 Å². The highest BCUT2D eigenvalue weighted by Gasteiger charge is 2.30. The van der Waals surface area contributed by atoms with E-state index in [4.69, 9.17) is 0 Å². The second-order valence-corrected chi connectivity index (χ2v) is 4.65. The molecule has 7 heteroatoms. The van der Waals surface area contributed by atoms with Crippen molar-refractivity contribution in [3.05, 3.63) is 34.1 Å². The van der Waals surface area contributed by atoms with Crippen LogP contribution in [0.5, 0.6) is 0 Å². The van der Waals surface area contributed by atoms with E-state index in [1.54, 1.807) is 0 Å². The molecule has 1 heterocycles. The molecule has 1 amide bonds. The van der Waals surface area contributed by atoms with Gasteiger partial charge in [0.15, 0.2) is 0 Å². The highest BCUT2D eigenvalue weighted by atomic mass is 19.1. The maximum Gasteiger partial charge on any atom is 0.271 e. The largest absolute Gasteiger partial charge is 0.323 e. The summed E-state index contributed by atoms with van der Waals surface area (Å²) in [5.74, 6) is -1.10. The van der Waals surface area contributed by atoms with E-state index in [1.807, 2.05) is 6.92 Å². The Labute approximate surface area is 109 Å². The number of rotatable bonds is 3. The fourth-order valence-corrected chi connectivity index (χ4v) is 2.11. The molecule has 6 nitrogen and oxygen atoms in total. The lowest BCUT2D eigenvalue weighted by atomic mass is 9.97. The molecule has 1 aromatic carbocycles. The lowest BCUT2D eigenvalue weighted by Crippen LogP contribution is -2.28. The Balaban J connectivity index is 2.16. The van der Waals surface area contributed by atoms with E-state index < -0.39 is 10.7 Å². The Hall–Kier alpha value is -2.02. The highest BCUT2D eigenvalue weighted by Crippen LogP contribution is 2.23. The predicted octanol–water partition coefficient (Wildman–Crippen LogP) is 1.53. The van der Waals surface area contributed by atoms with Gasteiger partial charge >= 0.3 is 0 Å². The van der Waals surface area contributed by atoms with Crippen molar-refractivity contribution in [1.82, 2.24) is 5.32 Å². The minimum Gasteiger partial charge on any atom is -0.323 e. The van der Waals surface area contributed by atoms with Gasteiger partial charge in [0.2, 0.25) is 5.91 Å². The number of halogens is 1. The number of carbonyl (C=O) groups is 1. The Bertz CT molecular complexity index is 521. The molecule has 19 heavy (non-hydrogen) atoms. The van der Waals surface area contributed by atoms with Crippen LogP contribution in [-0.4, -0.2) is 23.9 Å². The van der Waals surface area contributed by atoms with E-state index in [2.05, 4.69) is 10.6 Å². The molecule has 102 valence electrons. The summed E-state index contributed by atoms with van der Waals surface area (Å²) in [5.41, 5.74) is -0.410. The average molecular weight is 267 g/mol. The van der Waals surface area contributed by atoms with Crippen molar-refractivity contribution in [2.75, 3.05) is 18.4 Å². The number of nitrogens with one attached hydrogen (secondary N) is 2. The molecule has 0 spiro atoms. The number of nitro benzene ring substituents is 1. The van der Waals surface area contributed by atoms with Crippen LogP contribution in [0.3, 0.4) is 0 Å². The zero-order valence-corrected chi connectivity index (χ0v) is 10.4. The van der Waals surface area contributed by atoms with Crippen LogP contribution >= 0.6 is 0 Å². The van der Waals surface area contributed by atoms with Crippen LogP contribution < -0.4 is 10.6 Å². The Morgan fingerprint density at radius 2 is 2.26 bits per heavy atom. The zero-order valence-electron chi connectivity index (χ0n) is 10.4. The third-order valence-electron chi connectivity index (χ3n) is 3.27. The van der Waals surface area contributed by atoms with Gasteiger partial charge in [0.25, 0.3) is 5.69 Å². The van der Waals surface area contributed by atoms with Crippen LogP contribution in [0.1, 0.15) is 6.92 Å². The Morgan fingerprint density at radius 1 is 1.53 bits per heavy atom. The Morgan fingerprint density at radius 3 is 2.84 bits per heavy atom. The van der Waals surface area contributed by atoms with Crippen molar-refractivity contribution in [2.45, 2.75) is 6.92 Å². The van der Waals surface area contributed by atoms with Gasteiger partial charge in [0.05, 0.1) is 16.5 Å². The molecule has 2 atom stereocenters. The van der Waals surface area contributed by atoms with Crippen LogP contribution in [0.25, 0.3) is 0 Å². The van der Waals surface area contributed by atoms with Crippen LogP contribution in [0.2, 0.25) is 0 Å². The lowest BCUT2D eigenvalue weighted by Gasteiger charge is -2.14. The molecule has 1 saturated heterocycles. The quantitative estimate of drug-likeness (QED) is 0.642. The molecule has 0 saturated carbocycles. The molecule has 1 fully saturated rings. The number of amides is 1. The van der Waals surface area contributed by atoms with Gasteiger partial charge in [-0.1, -0.05) is 6.92 Å². The van der Waals surface area contributed by atoms with Gasteiger partial charge in [-0.2, -0.15) is 0 Å². The first-order valence-corrected chi connectivity index (χ1v) is 5.94. The first-order chi connectivity index (χ1) is 8.99. The SMILES string of the molecule is CC1CNCC1C(=O)Nc1cc([N+](=O)[O-])ccc1F. The van der Waals surface area contributed by atoms with Crippen LogP contribution in [0.4, 0.5) is 15.8 Å². The number of non-ortho nitro benzene ring substituents is 1. The molecule has 0 radical (unpaired) electrons. The molecule has 1 aliphatic rings. The number of carbonyl (C=O) groups excluding carboxylic acids is 1. The summed E-state index contributed by atoms with van der Waals surface area (Å²) in [5, 5.41) is 16.1. The summed E-state index contributed by atoms with van der Waals surface area (Å²) in [6, 6.07) is 3.06. The first kappa shape index (κ1) is 13.4. The monoisotopic (exact) mass is 267 g/mol. The minimum atomic E-state index is -0.683. The van der Waals surface area contributed by atoms with Crippen molar-refractivity contribution >= 4 is 17.3 Å². The van der Waals surface area contributed by atoms with Crippen molar-refractivity contribution in [3.63, 3.8) is 0 Å². The predicted molar refractivity (Wildman–Crippen MR) is 67.2 cm³/mol. The number of hydrogen-bond donors (Lipinski definition) is 2. The van der Waals surface area contributed by atoms with Gasteiger partial charge in [-0.3, -0.25) is 14.9 Å². The number of nitrogens with zero attached hydrogens (tertiary/aromatic N) is 1. The number of nitro groups is 1. The number of hydrogen-bond acceptors (Lipinski definition) is 4. The molecular weight excluding hydrogens is 253 g/mol.